The van der Waals surface area contributed by atoms with Crippen molar-refractivity contribution in [3.63, 3.8) is 0 Å². The number of hydrogen-bond donors (Lipinski definition) is 1. The summed E-state index contributed by atoms with van der Waals surface area (Å²) in [7, 11) is 0. The molecule has 1 aromatic carbocycles. The van der Waals surface area contributed by atoms with Crippen molar-refractivity contribution in [2.75, 3.05) is 13.2 Å². The van der Waals surface area contributed by atoms with Crippen LogP contribution in [0.2, 0.25) is 0 Å². The predicted octanol–water partition coefficient (Wildman–Crippen LogP) is 2.45. The van der Waals surface area contributed by atoms with Gasteiger partial charge in [-0.3, -0.25) is 0 Å². The molecule has 0 amide bonds. The van der Waals surface area contributed by atoms with Crippen molar-refractivity contribution < 1.29 is 31.8 Å². The van der Waals surface area contributed by atoms with Crippen molar-refractivity contribution in [3.8, 4) is 0 Å². The molecule has 2 nitrogen and oxygen atoms in total. The number of aliphatic hydroxyl groups excluding tert-OH is 1. The Morgan fingerprint density at radius 2 is 1.67 bits per heavy atom. The standard InChI is InChI=1S/C11H11F5O2/c12-8-1-7(2-9(13)4-8)3-10(17)5-18-6-11(14,15)16/h1-2,4,10,17H,3,5-6H2. The Bertz CT molecular complexity index is 371. The van der Waals surface area contributed by atoms with E-state index in [9.17, 15) is 27.1 Å². The number of hydrogen-bond acceptors (Lipinski definition) is 2. The van der Waals surface area contributed by atoms with E-state index in [1.807, 2.05) is 0 Å². The van der Waals surface area contributed by atoms with Gasteiger partial charge in [-0.2, -0.15) is 13.2 Å². The molecule has 0 heterocycles. The van der Waals surface area contributed by atoms with Crippen LogP contribution in [-0.4, -0.2) is 30.6 Å². The van der Waals surface area contributed by atoms with Gasteiger partial charge in [-0.05, 0) is 17.7 Å². The maximum absolute atomic E-state index is 12.8. The molecule has 0 spiro atoms. The highest BCUT2D eigenvalue weighted by Crippen LogP contribution is 2.15. The highest BCUT2D eigenvalue weighted by Gasteiger charge is 2.27. The van der Waals surface area contributed by atoms with Crippen LogP contribution >= 0.6 is 0 Å². The summed E-state index contributed by atoms with van der Waals surface area (Å²) in [5, 5.41) is 9.34. The zero-order chi connectivity index (χ0) is 13.8. The van der Waals surface area contributed by atoms with Gasteiger partial charge in [0, 0.05) is 12.5 Å². The fraction of sp³-hybridized carbons (Fsp3) is 0.455. The number of rotatable bonds is 5. The van der Waals surface area contributed by atoms with Crippen LogP contribution in [0.1, 0.15) is 5.56 Å². The van der Waals surface area contributed by atoms with Gasteiger partial charge in [-0.1, -0.05) is 0 Å². The Labute approximate surface area is 100.0 Å². The molecule has 0 aromatic heterocycles. The molecule has 1 unspecified atom stereocenters. The number of aliphatic hydroxyl groups is 1. The summed E-state index contributed by atoms with van der Waals surface area (Å²) >= 11 is 0. The molecule has 0 aliphatic carbocycles. The quantitative estimate of drug-likeness (QED) is 0.833. The maximum Gasteiger partial charge on any atom is 0.411 e. The van der Waals surface area contributed by atoms with Crippen LogP contribution in [0.15, 0.2) is 18.2 Å². The van der Waals surface area contributed by atoms with E-state index >= 15 is 0 Å². The van der Waals surface area contributed by atoms with Crippen LogP contribution in [-0.2, 0) is 11.2 Å². The Kier molecular flexibility index (Phi) is 5.03. The number of benzene rings is 1. The molecule has 1 rings (SSSR count). The highest BCUT2D eigenvalue weighted by molar-refractivity contribution is 5.18. The van der Waals surface area contributed by atoms with Gasteiger partial charge in [0.25, 0.3) is 0 Å². The van der Waals surface area contributed by atoms with E-state index in [1.54, 1.807) is 0 Å². The molecule has 0 radical (unpaired) electrons. The summed E-state index contributed by atoms with van der Waals surface area (Å²) in [4.78, 5) is 0. The van der Waals surface area contributed by atoms with E-state index in [4.69, 9.17) is 0 Å². The molecular weight excluding hydrogens is 259 g/mol. The highest BCUT2D eigenvalue weighted by atomic mass is 19.4. The predicted molar refractivity (Wildman–Crippen MR) is 52.9 cm³/mol. The van der Waals surface area contributed by atoms with Crippen molar-refractivity contribution in [1.82, 2.24) is 0 Å². The zero-order valence-corrected chi connectivity index (χ0v) is 9.18. The van der Waals surface area contributed by atoms with Crippen molar-refractivity contribution >= 4 is 0 Å². The fourth-order valence-electron chi connectivity index (χ4n) is 1.37. The number of halogens is 5. The summed E-state index contributed by atoms with van der Waals surface area (Å²) in [5.74, 6) is -1.62. The van der Waals surface area contributed by atoms with Crippen molar-refractivity contribution in [1.29, 1.82) is 0 Å². The Morgan fingerprint density at radius 3 is 2.17 bits per heavy atom. The maximum atomic E-state index is 12.8. The first-order valence-corrected chi connectivity index (χ1v) is 5.04. The van der Waals surface area contributed by atoms with Crippen molar-refractivity contribution in [2.45, 2.75) is 18.7 Å². The topological polar surface area (TPSA) is 29.5 Å². The average Bonchev–Trinajstić information content (AvgIpc) is 2.12. The molecule has 0 aliphatic rings. The molecular formula is C11H11F5O2. The van der Waals surface area contributed by atoms with Gasteiger partial charge in [-0.15, -0.1) is 0 Å². The molecule has 0 saturated carbocycles. The molecule has 0 bridgehead atoms. The summed E-state index contributed by atoms with van der Waals surface area (Å²) in [6, 6.07) is 2.65. The SMILES string of the molecule is OC(COCC(F)(F)F)Cc1cc(F)cc(F)c1. The summed E-state index contributed by atoms with van der Waals surface area (Å²) in [5.41, 5.74) is 0.149. The number of alkyl halides is 3. The van der Waals surface area contributed by atoms with Crippen LogP contribution in [0.5, 0.6) is 0 Å². The van der Waals surface area contributed by atoms with Gasteiger partial charge in [0.05, 0.1) is 12.7 Å². The smallest absolute Gasteiger partial charge is 0.390 e. The molecule has 102 valence electrons. The van der Waals surface area contributed by atoms with E-state index < -0.39 is 37.1 Å². The van der Waals surface area contributed by atoms with Gasteiger partial charge < -0.3 is 9.84 Å². The van der Waals surface area contributed by atoms with Crippen molar-refractivity contribution in [2.24, 2.45) is 0 Å². The van der Waals surface area contributed by atoms with Crippen molar-refractivity contribution in [3.05, 3.63) is 35.4 Å². The molecule has 0 aliphatic heterocycles. The summed E-state index contributed by atoms with van der Waals surface area (Å²) < 4.78 is 65.0. The third kappa shape index (κ3) is 5.92. The van der Waals surface area contributed by atoms with E-state index in [0.717, 1.165) is 12.1 Å². The molecule has 18 heavy (non-hydrogen) atoms. The lowest BCUT2D eigenvalue weighted by molar-refractivity contribution is -0.179. The molecule has 1 atom stereocenters. The lowest BCUT2D eigenvalue weighted by Crippen LogP contribution is -2.24. The first-order valence-electron chi connectivity index (χ1n) is 5.04. The van der Waals surface area contributed by atoms with Gasteiger partial charge in [0.2, 0.25) is 0 Å². The van der Waals surface area contributed by atoms with Crippen LogP contribution in [0.3, 0.4) is 0 Å². The van der Waals surface area contributed by atoms with Gasteiger partial charge in [0.15, 0.2) is 0 Å². The molecule has 1 N–H and O–H groups in total. The van der Waals surface area contributed by atoms with Crippen LogP contribution < -0.4 is 0 Å². The summed E-state index contributed by atoms with van der Waals surface area (Å²) in [6.45, 7) is -2.03. The van der Waals surface area contributed by atoms with E-state index in [-0.39, 0.29) is 12.0 Å². The zero-order valence-electron chi connectivity index (χ0n) is 9.18. The second kappa shape index (κ2) is 6.10. The average molecular weight is 270 g/mol. The minimum atomic E-state index is -4.47. The summed E-state index contributed by atoms with van der Waals surface area (Å²) in [6.07, 6.45) is -5.91. The van der Waals surface area contributed by atoms with Gasteiger partial charge >= 0.3 is 6.18 Å². The van der Waals surface area contributed by atoms with Crippen LogP contribution in [0, 0.1) is 11.6 Å². The van der Waals surface area contributed by atoms with Crippen LogP contribution in [0.25, 0.3) is 0 Å². The lowest BCUT2D eigenvalue weighted by Gasteiger charge is -2.12. The minimum Gasteiger partial charge on any atom is -0.390 e. The molecule has 0 saturated heterocycles. The molecule has 1 aromatic rings. The van der Waals surface area contributed by atoms with E-state index in [2.05, 4.69) is 4.74 Å². The van der Waals surface area contributed by atoms with Gasteiger partial charge in [-0.25, -0.2) is 8.78 Å². The van der Waals surface area contributed by atoms with Crippen LogP contribution in [0.4, 0.5) is 22.0 Å². The number of ether oxygens (including phenoxy) is 1. The van der Waals surface area contributed by atoms with Gasteiger partial charge in [0.1, 0.15) is 18.2 Å². The third-order valence-corrected chi connectivity index (χ3v) is 1.97. The first kappa shape index (κ1) is 14.8. The van der Waals surface area contributed by atoms with E-state index in [0.29, 0.717) is 6.07 Å². The Hall–Kier alpha value is -1.21. The Balaban J connectivity index is 2.42. The monoisotopic (exact) mass is 270 g/mol. The molecule has 0 fully saturated rings. The first-order chi connectivity index (χ1) is 8.26. The second-order valence-electron chi connectivity index (χ2n) is 3.77. The largest absolute Gasteiger partial charge is 0.411 e. The van der Waals surface area contributed by atoms with E-state index in [1.165, 1.54) is 0 Å². The second-order valence-corrected chi connectivity index (χ2v) is 3.77. The minimum absolute atomic E-state index is 0.149. The molecule has 7 heteroatoms. The normalized spacial score (nSPS) is 13.7. The fourth-order valence-corrected chi connectivity index (χ4v) is 1.37. The lowest BCUT2D eigenvalue weighted by atomic mass is 10.1. The Morgan fingerprint density at radius 1 is 1.11 bits per heavy atom. The third-order valence-electron chi connectivity index (χ3n) is 1.97.